The summed E-state index contributed by atoms with van der Waals surface area (Å²) < 4.78 is 13.4. The maximum Gasteiger partial charge on any atom is 0.126 e. The van der Waals surface area contributed by atoms with Gasteiger partial charge in [0.25, 0.3) is 0 Å². The highest BCUT2D eigenvalue weighted by Crippen LogP contribution is 2.17. The number of benzene rings is 1. The topological polar surface area (TPSA) is 12.0 Å². The third-order valence-electron chi connectivity index (χ3n) is 3.19. The molecule has 2 heteroatoms. The first-order chi connectivity index (χ1) is 7.25. The van der Waals surface area contributed by atoms with Crippen molar-refractivity contribution in [1.82, 2.24) is 5.32 Å². The molecule has 1 aliphatic heterocycles. The molecule has 15 heavy (non-hydrogen) atoms. The third-order valence-corrected chi connectivity index (χ3v) is 3.19. The number of hydrogen-bond acceptors (Lipinski definition) is 1. The highest BCUT2D eigenvalue weighted by Gasteiger charge is 2.18. The molecule has 1 aromatic carbocycles. The molecule has 82 valence electrons. The van der Waals surface area contributed by atoms with E-state index in [2.05, 4.69) is 12.2 Å². The molecule has 0 radical (unpaired) electrons. The van der Waals surface area contributed by atoms with Gasteiger partial charge in [0.15, 0.2) is 0 Å². The van der Waals surface area contributed by atoms with Crippen LogP contribution in [0.1, 0.15) is 25.3 Å². The molecule has 1 N–H and O–H groups in total. The standard InChI is InChI=1S/C13H18FN/c1-10-6-7-12(15-9-10)8-11-4-2-3-5-13(11)14/h2-5,10,12,15H,6-9H2,1H3. The van der Waals surface area contributed by atoms with Crippen LogP contribution in [0.2, 0.25) is 0 Å². The van der Waals surface area contributed by atoms with E-state index in [1.54, 1.807) is 12.1 Å². The lowest BCUT2D eigenvalue weighted by Crippen LogP contribution is -2.39. The lowest BCUT2D eigenvalue weighted by atomic mass is 9.92. The largest absolute Gasteiger partial charge is 0.313 e. The average molecular weight is 207 g/mol. The molecule has 0 bridgehead atoms. The summed E-state index contributed by atoms with van der Waals surface area (Å²) in [5, 5.41) is 3.48. The molecule has 1 saturated heterocycles. The van der Waals surface area contributed by atoms with E-state index in [1.807, 2.05) is 12.1 Å². The Bertz CT molecular complexity index is 316. The minimum absolute atomic E-state index is 0.0714. The van der Waals surface area contributed by atoms with Crippen molar-refractivity contribution < 1.29 is 4.39 Å². The summed E-state index contributed by atoms with van der Waals surface area (Å²) in [7, 11) is 0. The minimum Gasteiger partial charge on any atom is -0.313 e. The Morgan fingerprint density at radius 2 is 2.13 bits per heavy atom. The van der Waals surface area contributed by atoms with Gasteiger partial charge in [0.1, 0.15) is 5.82 Å². The van der Waals surface area contributed by atoms with Crippen LogP contribution in [0.5, 0.6) is 0 Å². The Labute approximate surface area is 90.7 Å². The smallest absolute Gasteiger partial charge is 0.126 e. The average Bonchev–Trinajstić information content (AvgIpc) is 2.25. The highest BCUT2D eigenvalue weighted by molar-refractivity contribution is 5.18. The molecule has 1 aliphatic rings. The summed E-state index contributed by atoms with van der Waals surface area (Å²) in [5.74, 6) is 0.694. The van der Waals surface area contributed by atoms with Crippen molar-refractivity contribution in [2.24, 2.45) is 5.92 Å². The van der Waals surface area contributed by atoms with Crippen LogP contribution in [-0.4, -0.2) is 12.6 Å². The van der Waals surface area contributed by atoms with Crippen LogP contribution in [0.3, 0.4) is 0 Å². The summed E-state index contributed by atoms with van der Waals surface area (Å²) in [6.45, 7) is 3.32. The zero-order chi connectivity index (χ0) is 10.7. The lowest BCUT2D eigenvalue weighted by molar-refractivity contribution is 0.324. The predicted molar refractivity (Wildman–Crippen MR) is 60.3 cm³/mol. The summed E-state index contributed by atoms with van der Waals surface area (Å²) >= 11 is 0. The molecule has 0 saturated carbocycles. The van der Waals surface area contributed by atoms with Gasteiger partial charge in [0, 0.05) is 6.04 Å². The van der Waals surface area contributed by atoms with E-state index < -0.39 is 0 Å². The first-order valence-corrected chi connectivity index (χ1v) is 5.72. The summed E-state index contributed by atoms with van der Waals surface area (Å²) in [4.78, 5) is 0. The Kier molecular flexibility index (Phi) is 3.37. The van der Waals surface area contributed by atoms with Gasteiger partial charge in [-0.2, -0.15) is 0 Å². The van der Waals surface area contributed by atoms with E-state index in [-0.39, 0.29) is 5.82 Å². The van der Waals surface area contributed by atoms with Crippen LogP contribution >= 0.6 is 0 Å². The number of rotatable bonds is 2. The van der Waals surface area contributed by atoms with E-state index in [0.29, 0.717) is 6.04 Å². The Balaban J connectivity index is 1.95. The normalized spacial score (nSPS) is 26.5. The van der Waals surface area contributed by atoms with Crippen molar-refractivity contribution in [2.75, 3.05) is 6.54 Å². The van der Waals surface area contributed by atoms with E-state index in [9.17, 15) is 4.39 Å². The van der Waals surface area contributed by atoms with E-state index >= 15 is 0 Å². The van der Waals surface area contributed by atoms with Gasteiger partial charge in [-0.25, -0.2) is 4.39 Å². The predicted octanol–water partition coefficient (Wildman–Crippen LogP) is 2.76. The van der Waals surface area contributed by atoms with Crippen molar-refractivity contribution >= 4 is 0 Å². The zero-order valence-electron chi connectivity index (χ0n) is 9.17. The monoisotopic (exact) mass is 207 g/mol. The van der Waals surface area contributed by atoms with Crippen molar-refractivity contribution in [1.29, 1.82) is 0 Å². The number of hydrogen-bond donors (Lipinski definition) is 1. The van der Waals surface area contributed by atoms with Gasteiger partial charge in [0.05, 0.1) is 0 Å². The van der Waals surface area contributed by atoms with Crippen LogP contribution in [0.25, 0.3) is 0 Å². The fourth-order valence-corrected chi connectivity index (χ4v) is 2.16. The van der Waals surface area contributed by atoms with Crippen LogP contribution in [0.15, 0.2) is 24.3 Å². The molecular weight excluding hydrogens is 189 g/mol. The lowest BCUT2D eigenvalue weighted by Gasteiger charge is -2.27. The molecule has 1 fully saturated rings. The number of halogens is 1. The molecule has 2 unspecified atom stereocenters. The maximum atomic E-state index is 13.4. The second kappa shape index (κ2) is 4.75. The third kappa shape index (κ3) is 2.78. The Morgan fingerprint density at radius 3 is 2.80 bits per heavy atom. The van der Waals surface area contributed by atoms with Crippen LogP contribution in [0, 0.1) is 11.7 Å². The fourth-order valence-electron chi connectivity index (χ4n) is 2.16. The van der Waals surface area contributed by atoms with Gasteiger partial charge < -0.3 is 5.32 Å². The molecule has 0 aliphatic carbocycles. The number of nitrogens with one attached hydrogen (secondary N) is 1. The zero-order valence-corrected chi connectivity index (χ0v) is 9.17. The Hall–Kier alpha value is -0.890. The molecular formula is C13H18FN. The Morgan fingerprint density at radius 1 is 1.33 bits per heavy atom. The van der Waals surface area contributed by atoms with Gasteiger partial charge in [-0.15, -0.1) is 0 Å². The fraction of sp³-hybridized carbons (Fsp3) is 0.538. The van der Waals surface area contributed by atoms with Crippen LogP contribution < -0.4 is 5.32 Å². The van der Waals surface area contributed by atoms with Gasteiger partial charge in [-0.05, 0) is 43.4 Å². The maximum absolute atomic E-state index is 13.4. The van der Waals surface area contributed by atoms with Crippen molar-refractivity contribution in [2.45, 2.75) is 32.2 Å². The molecule has 0 spiro atoms. The molecule has 0 aromatic heterocycles. The quantitative estimate of drug-likeness (QED) is 0.786. The summed E-state index contributed by atoms with van der Waals surface area (Å²) in [6, 6.07) is 7.53. The van der Waals surface area contributed by atoms with Crippen molar-refractivity contribution in [3.8, 4) is 0 Å². The van der Waals surface area contributed by atoms with Crippen LogP contribution in [-0.2, 0) is 6.42 Å². The molecule has 1 heterocycles. The van der Waals surface area contributed by atoms with E-state index in [0.717, 1.165) is 30.9 Å². The molecule has 0 amide bonds. The highest BCUT2D eigenvalue weighted by atomic mass is 19.1. The van der Waals surface area contributed by atoms with Crippen LogP contribution in [0.4, 0.5) is 4.39 Å². The van der Waals surface area contributed by atoms with Crippen molar-refractivity contribution in [3.63, 3.8) is 0 Å². The van der Waals surface area contributed by atoms with E-state index in [1.165, 1.54) is 6.42 Å². The van der Waals surface area contributed by atoms with Gasteiger partial charge >= 0.3 is 0 Å². The van der Waals surface area contributed by atoms with Crippen molar-refractivity contribution in [3.05, 3.63) is 35.6 Å². The second-order valence-corrected chi connectivity index (χ2v) is 4.58. The summed E-state index contributed by atoms with van der Waals surface area (Å²) in [5.41, 5.74) is 0.838. The minimum atomic E-state index is -0.0714. The number of piperidine rings is 1. The van der Waals surface area contributed by atoms with Gasteiger partial charge in [0.2, 0.25) is 0 Å². The SMILES string of the molecule is CC1CCC(Cc2ccccc2F)NC1. The second-order valence-electron chi connectivity index (χ2n) is 4.58. The first kappa shape index (κ1) is 10.6. The summed E-state index contributed by atoms with van der Waals surface area (Å²) in [6.07, 6.45) is 3.24. The molecule has 2 atom stereocenters. The molecule has 2 rings (SSSR count). The van der Waals surface area contributed by atoms with E-state index in [4.69, 9.17) is 0 Å². The van der Waals surface area contributed by atoms with Gasteiger partial charge in [-0.3, -0.25) is 0 Å². The van der Waals surface area contributed by atoms with Gasteiger partial charge in [-0.1, -0.05) is 25.1 Å². The molecule has 1 nitrogen and oxygen atoms in total. The first-order valence-electron chi connectivity index (χ1n) is 5.72. The molecule has 1 aromatic rings.